The molecule has 0 heterocycles. The number of ether oxygens (including phenoxy) is 1. The lowest BCUT2D eigenvalue weighted by Crippen LogP contribution is -2.42. The summed E-state index contributed by atoms with van der Waals surface area (Å²) in [5, 5.41) is 15.9. The molecule has 0 aromatic carbocycles. The van der Waals surface area contributed by atoms with E-state index in [4.69, 9.17) is 9.84 Å². The third-order valence-corrected chi connectivity index (χ3v) is 2.14. The normalized spacial score (nSPS) is 9.74. The lowest BCUT2D eigenvalue weighted by Gasteiger charge is -2.07. The van der Waals surface area contributed by atoms with E-state index in [2.05, 4.69) is 16.0 Å². The first kappa shape index (κ1) is 17.2. The number of hydrogen-bond donors (Lipinski definition) is 4. The molecule has 4 N–H and O–H groups in total. The van der Waals surface area contributed by atoms with Gasteiger partial charge in [-0.05, 0) is 12.8 Å². The molecule has 0 aromatic heterocycles. The van der Waals surface area contributed by atoms with Gasteiger partial charge in [0, 0.05) is 26.6 Å². The maximum Gasteiger partial charge on any atom is 0.315 e. The molecule has 0 saturated heterocycles. The zero-order valence-corrected chi connectivity index (χ0v) is 11.0. The van der Waals surface area contributed by atoms with Crippen LogP contribution in [0.15, 0.2) is 0 Å². The van der Waals surface area contributed by atoms with Crippen LogP contribution in [0.3, 0.4) is 0 Å². The molecule has 0 radical (unpaired) electrons. The summed E-state index contributed by atoms with van der Waals surface area (Å²) >= 11 is 0. The zero-order valence-electron chi connectivity index (χ0n) is 11.0. The van der Waals surface area contributed by atoms with Crippen LogP contribution < -0.4 is 16.0 Å². The third kappa shape index (κ3) is 12.4. The third-order valence-electron chi connectivity index (χ3n) is 2.14. The van der Waals surface area contributed by atoms with E-state index < -0.39 is 12.0 Å². The van der Waals surface area contributed by atoms with E-state index in [1.807, 2.05) is 0 Å². The molecular weight excluding hydrogens is 254 g/mol. The molecule has 0 spiro atoms. The summed E-state index contributed by atoms with van der Waals surface area (Å²) in [5.41, 5.74) is 0. The van der Waals surface area contributed by atoms with Crippen molar-refractivity contribution in [1.82, 2.24) is 16.0 Å². The highest BCUT2D eigenvalue weighted by atomic mass is 16.5. The van der Waals surface area contributed by atoms with Gasteiger partial charge in [0.25, 0.3) is 0 Å². The van der Waals surface area contributed by atoms with E-state index in [9.17, 15) is 14.4 Å². The van der Waals surface area contributed by atoms with Crippen LogP contribution in [0, 0.1) is 0 Å². The Labute approximate surface area is 111 Å². The fourth-order valence-corrected chi connectivity index (χ4v) is 1.18. The number of rotatable bonds is 10. The summed E-state index contributed by atoms with van der Waals surface area (Å²) in [6, 6.07) is -0.447. The predicted molar refractivity (Wildman–Crippen MR) is 67.8 cm³/mol. The molecular formula is C11H21N3O5. The smallest absolute Gasteiger partial charge is 0.315 e. The minimum atomic E-state index is -0.850. The van der Waals surface area contributed by atoms with Crippen molar-refractivity contribution in [3.05, 3.63) is 0 Å². The van der Waals surface area contributed by atoms with Crippen molar-refractivity contribution in [2.75, 3.05) is 33.4 Å². The van der Waals surface area contributed by atoms with Crippen molar-refractivity contribution < 1.29 is 24.2 Å². The Kier molecular flexibility index (Phi) is 10.2. The summed E-state index contributed by atoms with van der Waals surface area (Å²) in [5.74, 6) is -1.14. The summed E-state index contributed by atoms with van der Waals surface area (Å²) in [6.07, 6.45) is 1.18. The first-order valence-corrected chi connectivity index (χ1v) is 6.05. The molecule has 110 valence electrons. The number of aliphatic carboxylic acids is 1. The van der Waals surface area contributed by atoms with Crippen LogP contribution in [0.2, 0.25) is 0 Å². The van der Waals surface area contributed by atoms with Crippen molar-refractivity contribution in [3.8, 4) is 0 Å². The highest BCUT2D eigenvalue weighted by Crippen LogP contribution is 1.92. The SMILES string of the molecule is COCCNC(=O)CNC(=O)NCCCCC(=O)O. The maximum atomic E-state index is 11.2. The fourth-order valence-electron chi connectivity index (χ4n) is 1.18. The number of nitrogens with one attached hydrogen (secondary N) is 3. The molecule has 0 aliphatic heterocycles. The van der Waals surface area contributed by atoms with E-state index in [0.717, 1.165) is 0 Å². The van der Waals surface area contributed by atoms with Gasteiger partial charge in [-0.2, -0.15) is 0 Å². The molecule has 8 heteroatoms. The van der Waals surface area contributed by atoms with E-state index >= 15 is 0 Å². The number of carboxylic acid groups (broad SMARTS) is 1. The number of hydrogen-bond acceptors (Lipinski definition) is 4. The van der Waals surface area contributed by atoms with Crippen molar-refractivity contribution in [2.45, 2.75) is 19.3 Å². The lowest BCUT2D eigenvalue weighted by atomic mass is 10.2. The Morgan fingerprint density at radius 2 is 1.79 bits per heavy atom. The fraction of sp³-hybridized carbons (Fsp3) is 0.727. The van der Waals surface area contributed by atoms with E-state index in [1.165, 1.54) is 7.11 Å². The molecule has 0 saturated carbocycles. The molecule has 0 bridgehead atoms. The number of carbonyl (C=O) groups excluding carboxylic acids is 2. The van der Waals surface area contributed by atoms with E-state index in [1.54, 1.807) is 0 Å². The van der Waals surface area contributed by atoms with Crippen molar-refractivity contribution in [3.63, 3.8) is 0 Å². The standard InChI is InChI=1S/C11H21N3O5/c1-19-7-6-12-9(15)8-14-11(18)13-5-3-2-4-10(16)17/h2-8H2,1H3,(H,12,15)(H,16,17)(H2,13,14,18). The van der Waals surface area contributed by atoms with Gasteiger partial charge in [0.2, 0.25) is 5.91 Å². The highest BCUT2D eigenvalue weighted by Gasteiger charge is 2.04. The van der Waals surface area contributed by atoms with Crippen molar-refractivity contribution in [2.24, 2.45) is 0 Å². The summed E-state index contributed by atoms with van der Waals surface area (Å²) in [7, 11) is 1.53. The minimum Gasteiger partial charge on any atom is -0.481 e. The first-order valence-electron chi connectivity index (χ1n) is 6.05. The number of urea groups is 1. The van der Waals surface area contributed by atoms with Crippen LogP contribution in [0.5, 0.6) is 0 Å². The molecule has 0 aliphatic rings. The molecule has 0 unspecified atom stereocenters. The molecule has 0 rings (SSSR count). The largest absolute Gasteiger partial charge is 0.481 e. The molecule has 19 heavy (non-hydrogen) atoms. The Hall–Kier alpha value is -1.83. The van der Waals surface area contributed by atoms with Crippen molar-refractivity contribution in [1.29, 1.82) is 0 Å². The Balaban J connectivity index is 3.43. The Morgan fingerprint density at radius 1 is 1.05 bits per heavy atom. The number of unbranched alkanes of at least 4 members (excludes halogenated alkanes) is 1. The topological polar surface area (TPSA) is 117 Å². The molecule has 0 aromatic rings. The van der Waals surface area contributed by atoms with Gasteiger partial charge >= 0.3 is 12.0 Å². The maximum absolute atomic E-state index is 11.2. The zero-order chi connectivity index (χ0) is 14.5. The molecule has 0 fully saturated rings. The number of methoxy groups -OCH3 is 1. The second kappa shape index (κ2) is 11.3. The second-order valence-electron chi connectivity index (χ2n) is 3.80. The summed E-state index contributed by atoms with van der Waals surface area (Å²) < 4.78 is 4.75. The highest BCUT2D eigenvalue weighted by molar-refractivity contribution is 5.83. The minimum absolute atomic E-state index is 0.0885. The van der Waals surface area contributed by atoms with Crippen LogP contribution >= 0.6 is 0 Å². The van der Waals surface area contributed by atoms with E-state index in [0.29, 0.717) is 32.5 Å². The number of amides is 3. The first-order chi connectivity index (χ1) is 9.06. The monoisotopic (exact) mass is 275 g/mol. The molecule has 8 nitrogen and oxygen atoms in total. The lowest BCUT2D eigenvalue weighted by molar-refractivity contribution is -0.137. The van der Waals surface area contributed by atoms with Crippen LogP contribution in [-0.4, -0.2) is 56.4 Å². The number of carboxylic acids is 1. The average molecular weight is 275 g/mol. The molecule has 3 amide bonds. The van der Waals surface area contributed by atoms with Crippen molar-refractivity contribution >= 4 is 17.9 Å². The van der Waals surface area contributed by atoms with Gasteiger partial charge in [0.1, 0.15) is 0 Å². The summed E-state index contributed by atoms with van der Waals surface area (Å²) in [4.78, 5) is 32.7. The number of carbonyl (C=O) groups is 3. The van der Waals surface area contributed by atoms with Gasteiger partial charge in [0.05, 0.1) is 13.2 Å². The van der Waals surface area contributed by atoms with Gasteiger partial charge in [0.15, 0.2) is 0 Å². The Bertz CT molecular complexity index is 296. The van der Waals surface area contributed by atoms with Crippen LogP contribution in [0.25, 0.3) is 0 Å². The molecule has 0 aliphatic carbocycles. The second-order valence-corrected chi connectivity index (χ2v) is 3.80. The van der Waals surface area contributed by atoms with Gasteiger partial charge in [-0.15, -0.1) is 0 Å². The van der Waals surface area contributed by atoms with Crippen LogP contribution in [-0.2, 0) is 14.3 Å². The van der Waals surface area contributed by atoms with E-state index in [-0.39, 0.29) is 18.9 Å². The van der Waals surface area contributed by atoms with Gasteiger partial charge in [-0.1, -0.05) is 0 Å². The van der Waals surface area contributed by atoms with Gasteiger partial charge in [-0.3, -0.25) is 9.59 Å². The van der Waals surface area contributed by atoms with Crippen LogP contribution in [0.4, 0.5) is 4.79 Å². The summed E-state index contributed by atoms with van der Waals surface area (Å²) in [6.45, 7) is 1.09. The van der Waals surface area contributed by atoms with Crippen LogP contribution in [0.1, 0.15) is 19.3 Å². The average Bonchev–Trinajstić information content (AvgIpc) is 2.36. The quantitative estimate of drug-likeness (QED) is 0.393. The molecule has 0 atom stereocenters. The Morgan fingerprint density at radius 3 is 2.42 bits per heavy atom. The van der Waals surface area contributed by atoms with Gasteiger partial charge in [-0.25, -0.2) is 4.79 Å². The van der Waals surface area contributed by atoms with Gasteiger partial charge < -0.3 is 25.8 Å². The predicted octanol–water partition coefficient (Wildman–Crippen LogP) is -0.697.